The Balaban J connectivity index is 1.77. The molecule has 0 unspecified atom stereocenters. The minimum Gasteiger partial charge on any atom is -0.355 e. The Morgan fingerprint density at radius 1 is 1.17 bits per heavy atom. The van der Waals surface area contributed by atoms with Gasteiger partial charge in [-0.05, 0) is 24.1 Å². The zero-order chi connectivity index (χ0) is 17.1. The molecule has 0 saturated heterocycles. The summed E-state index contributed by atoms with van der Waals surface area (Å²) in [6.07, 6.45) is 0. The lowest BCUT2D eigenvalue weighted by Gasteiger charge is -2.15. The van der Waals surface area contributed by atoms with Gasteiger partial charge in [0.1, 0.15) is 5.82 Å². The molecule has 5 heteroatoms. The summed E-state index contributed by atoms with van der Waals surface area (Å²) < 4.78 is 18.9. The second-order valence-corrected chi connectivity index (χ2v) is 5.69. The van der Waals surface area contributed by atoms with Gasteiger partial charge in [0.05, 0.1) is 0 Å². The van der Waals surface area contributed by atoms with Gasteiger partial charge in [-0.3, -0.25) is 4.79 Å². The summed E-state index contributed by atoms with van der Waals surface area (Å²) >= 11 is 0. The number of carbonyl (C=O) groups is 1. The molecule has 1 aromatic heterocycles. The molecule has 1 amide bonds. The lowest BCUT2D eigenvalue weighted by molar-refractivity contribution is 0.0775. The molecule has 0 aliphatic carbocycles. The summed E-state index contributed by atoms with van der Waals surface area (Å²) in [5.41, 5.74) is 2.33. The summed E-state index contributed by atoms with van der Waals surface area (Å²) in [4.78, 5) is 14.0. The van der Waals surface area contributed by atoms with Crippen LogP contribution in [-0.4, -0.2) is 23.0 Å². The van der Waals surface area contributed by atoms with Crippen molar-refractivity contribution in [1.82, 2.24) is 10.1 Å². The molecule has 3 rings (SSSR count). The maximum absolute atomic E-state index is 13.7. The molecule has 0 aliphatic heterocycles. The van der Waals surface area contributed by atoms with Crippen LogP contribution in [0.5, 0.6) is 0 Å². The molecule has 122 valence electrons. The highest BCUT2D eigenvalue weighted by molar-refractivity contribution is 5.92. The van der Waals surface area contributed by atoms with Crippen LogP contribution in [0, 0.1) is 12.7 Å². The van der Waals surface area contributed by atoms with Gasteiger partial charge in [-0.25, -0.2) is 4.39 Å². The molecular weight excluding hydrogens is 307 g/mol. The largest absolute Gasteiger partial charge is 0.355 e. The lowest BCUT2D eigenvalue weighted by Crippen LogP contribution is -2.26. The molecule has 0 fully saturated rings. The minimum atomic E-state index is -0.321. The van der Waals surface area contributed by atoms with Gasteiger partial charge in [-0.2, -0.15) is 0 Å². The van der Waals surface area contributed by atoms with Crippen LogP contribution < -0.4 is 0 Å². The van der Waals surface area contributed by atoms with E-state index in [9.17, 15) is 9.18 Å². The van der Waals surface area contributed by atoms with Crippen molar-refractivity contribution in [2.45, 2.75) is 13.5 Å². The van der Waals surface area contributed by atoms with Gasteiger partial charge in [0.15, 0.2) is 11.5 Å². The molecule has 0 bridgehead atoms. The van der Waals surface area contributed by atoms with Crippen molar-refractivity contribution in [1.29, 1.82) is 0 Å². The first-order valence-electron chi connectivity index (χ1n) is 7.57. The fourth-order valence-corrected chi connectivity index (χ4v) is 2.38. The standard InChI is InChI=1S/C19H17FN2O2/c1-13-8-9-15(10-16(13)20)18-11-17(21-24-18)19(23)22(2)12-14-6-4-3-5-7-14/h3-11H,12H2,1-2H3. The predicted molar refractivity (Wildman–Crippen MR) is 88.9 cm³/mol. The van der Waals surface area contributed by atoms with Crippen LogP contribution in [0.1, 0.15) is 21.6 Å². The average molecular weight is 324 g/mol. The van der Waals surface area contributed by atoms with Crippen LogP contribution in [0.2, 0.25) is 0 Å². The van der Waals surface area contributed by atoms with Gasteiger partial charge in [-0.1, -0.05) is 47.6 Å². The smallest absolute Gasteiger partial charge is 0.276 e. The van der Waals surface area contributed by atoms with Crippen LogP contribution in [0.25, 0.3) is 11.3 Å². The zero-order valence-corrected chi connectivity index (χ0v) is 13.5. The van der Waals surface area contributed by atoms with E-state index in [0.29, 0.717) is 23.4 Å². The molecule has 0 aliphatic rings. The van der Waals surface area contributed by atoms with Gasteiger partial charge < -0.3 is 9.42 Å². The lowest BCUT2D eigenvalue weighted by atomic mass is 10.1. The first-order valence-corrected chi connectivity index (χ1v) is 7.57. The molecule has 0 radical (unpaired) electrons. The normalized spacial score (nSPS) is 10.6. The summed E-state index contributed by atoms with van der Waals surface area (Å²) in [6.45, 7) is 2.16. The van der Waals surface area contributed by atoms with E-state index in [0.717, 1.165) is 5.56 Å². The third kappa shape index (κ3) is 3.35. The number of hydrogen-bond donors (Lipinski definition) is 0. The van der Waals surface area contributed by atoms with Crippen molar-refractivity contribution in [3.63, 3.8) is 0 Å². The Bertz CT molecular complexity index is 859. The fourth-order valence-electron chi connectivity index (χ4n) is 2.38. The van der Waals surface area contributed by atoms with Crippen LogP contribution in [0.4, 0.5) is 4.39 Å². The molecule has 0 atom stereocenters. The topological polar surface area (TPSA) is 46.3 Å². The molecule has 4 nitrogen and oxygen atoms in total. The van der Waals surface area contributed by atoms with Crippen molar-refractivity contribution in [2.75, 3.05) is 7.05 Å². The fraction of sp³-hybridized carbons (Fsp3) is 0.158. The van der Waals surface area contributed by atoms with Gasteiger partial charge in [0, 0.05) is 25.2 Å². The second-order valence-electron chi connectivity index (χ2n) is 5.69. The number of halogens is 1. The summed E-state index contributed by atoms with van der Waals surface area (Å²) in [5, 5.41) is 3.82. The van der Waals surface area contributed by atoms with Crippen LogP contribution in [0.15, 0.2) is 59.1 Å². The Morgan fingerprint density at radius 2 is 1.92 bits per heavy atom. The number of nitrogens with zero attached hydrogens (tertiary/aromatic N) is 2. The summed E-state index contributed by atoms with van der Waals surface area (Å²) in [5.74, 6) is -0.204. The monoisotopic (exact) mass is 324 g/mol. The van der Waals surface area contributed by atoms with E-state index in [1.165, 1.54) is 12.1 Å². The van der Waals surface area contributed by atoms with E-state index in [4.69, 9.17) is 4.52 Å². The number of amides is 1. The van der Waals surface area contributed by atoms with Crippen LogP contribution in [-0.2, 0) is 6.54 Å². The van der Waals surface area contributed by atoms with Crippen LogP contribution in [0.3, 0.4) is 0 Å². The summed E-state index contributed by atoms with van der Waals surface area (Å²) in [7, 11) is 1.70. The highest BCUT2D eigenvalue weighted by atomic mass is 19.1. The van der Waals surface area contributed by atoms with Gasteiger partial charge in [-0.15, -0.1) is 0 Å². The van der Waals surface area contributed by atoms with Gasteiger partial charge in [0.2, 0.25) is 0 Å². The van der Waals surface area contributed by atoms with E-state index < -0.39 is 0 Å². The number of hydrogen-bond acceptors (Lipinski definition) is 3. The van der Waals surface area contributed by atoms with Crippen molar-refractivity contribution in [3.8, 4) is 11.3 Å². The van der Waals surface area contributed by atoms with E-state index in [-0.39, 0.29) is 17.4 Å². The Hall–Kier alpha value is -2.95. The molecule has 3 aromatic rings. The number of rotatable bonds is 4. The van der Waals surface area contributed by atoms with Crippen molar-refractivity contribution in [3.05, 3.63) is 77.2 Å². The molecule has 24 heavy (non-hydrogen) atoms. The maximum Gasteiger partial charge on any atom is 0.276 e. The van der Waals surface area contributed by atoms with E-state index in [1.807, 2.05) is 30.3 Å². The molecular formula is C19H17FN2O2. The SMILES string of the molecule is Cc1ccc(-c2cc(C(=O)N(C)Cc3ccccc3)no2)cc1F. The first-order chi connectivity index (χ1) is 11.5. The van der Waals surface area contributed by atoms with Crippen LogP contribution >= 0.6 is 0 Å². The van der Waals surface area contributed by atoms with Crippen molar-refractivity contribution in [2.24, 2.45) is 0 Å². The molecule has 1 heterocycles. The number of carbonyl (C=O) groups excluding carboxylic acids is 1. The highest BCUT2D eigenvalue weighted by Gasteiger charge is 2.18. The quantitative estimate of drug-likeness (QED) is 0.727. The number of aryl methyl sites for hydroxylation is 1. The zero-order valence-electron chi connectivity index (χ0n) is 13.5. The number of aromatic nitrogens is 1. The first kappa shape index (κ1) is 15.9. The second kappa shape index (κ2) is 6.66. The predicted octanol–water partition coefficient (Wildman–Crippen LogP) is 4.06. The summed E-state index contributed by atoms with van der Waals surface area (Å²) in [6, 6.07) is 16.0. The minimum absolute atomic E-state index is 0.199. The Labute approximate surface area is 139 Å². The van der Waals surface area contributed by atoms with E-state index in [2.05, 4.69) is 5.16 Å². The highest BCUT2D eigenvalue weighted by Crippen LogP contribution is 2.23. The van der Waals surface area contributed by atoms with Gasteiger partial charge in [0.25, 0.3) is 5.91 Å². The Kier molecular flexibility index (Phi) is 4.42. The molecule has 0 spiro atoms. The number of benzene rings is 2. The average Bonchev–Trinajstić information content (AvgIpc) is 3.07. The molecule has 2 aromatic carbocycles. The third-order valence-electron chi connectivity index (χ3n) is 3.79. The van der Waals surface area contributed by atoms with Crippen molar-refractivity contribution < 1.29 is 13.7 Å². The molecule has 0 saturated carbocycles. The Morgan fingerprint density at radius 3 is 2.62 bits per heavy atom. The van der Waals surface area contributed by atoms with Gasteiger partial charge >= 0.3 is 0 Å². The van der Waals surface area contributed by atoms with E-state index in [1.54, 1.807) is 31.0 Å². The third-order valence-corrected chi connectivity index (χ3v) is 3.79. The maximum atomic E-state index is 13.7. The molecule has 0 N–H and O–H groups in total. The van der Waals surface area contributed by atoms with Crippen molar-refractivity contribution >= 4 is 5.91 Å². The van der Waals surface area contributed by atoms with E-state index >= 15 is 0 Å².